The third-order valence-corrected chi connectivity index (χ3v) is 4.76. The van der Waals surface area contributed by atoms with E-state index in [9.17, 15) is 0 Å². The summed E-state index contributed by atoms with van der Waals surface area (Å²) in [5, 5.41) is 3.71. The summed E-state index contributed by atoms with van der Waals surface area (Å²) >= 11 is 0. The Morgan fingerprint density at radius 1 is 0.783 bits per heavy atom. The highest BCUT2D eigenvalue weighted by Crippen LogP contribution is 2.30. The highest BCUT2D eigenvalue weighted by molar-refractivity contribution is 5.36. The molecule has 2 heterocycles. The van der Waals surface area contributed by atoms with Crippen molar-refractivity contribution in [1.29, 1.82) is 0 Å². The molecule has 2 aromatic carbocycles. The van der Waals surface area contributed by atoms with Crippen LogP contribution in [0.2, 0.25) is 0 Å². The second-order valence-electron chi connectivity index (χ2n) is 6.59. The second-order valence-corrected chi connectivity index (χ2v) is 6.59. The molecule has 4 rings (SSSR count). The molecule has 120 valence electrons. The number of piperidine rings is 2. The van der Waals surface area contributed by atoms with Gasteiger partial charge in [-0.2, -0.15) is 0 Å². The van der Waals surface area contributed by atoms with Gasteiger partial charge in [0.15, 0.2) is 0 Å². The average molecular weight is 309 g/mol. The summed E-state index contributed by atoms with van der Waals surface area (Å²) < 4.78 is 12.1. The quantitative estimate of drug-likeness (QED) is 0.900. The minimum absolute atomic E-state index is 0.318. The molecule has 0 spiro atoms. The van der Waals surface area contributed by atoms with E-state index in [1.54, 1.807) is 0 Å². The van der Waals surface area contributed by atoms with Crippen molar-refractivity contribution < 1.29 is 9.47 Å². The molecule has 0 amide bonds. The molecular formula is C20H23NO2. The van der Waals surface area contributed by atoms with E-state index in [-0.39, 0.29) is 0 Å². The van der Waals surface area contributed by atoms with Gasteiger partial charge in [0.1, 0.15) is 23.4 Å². The molecule has 2 aliphatic heterocycles. The van der Waals surface area contributed by atoms with Crippen LogP contribution in [-0.4, -0.2) is 18.2 Å². The summed E-state index contributed by atoms with van der Waals surface area (Å²) in [6, 6.07) is 19.1. The van der Waals surface area contributed by atoms with Gasteiger partial charge in [0.2, 0.25) is 0 Å². The smallest absolute Gasteiger partial charge is 0.131 e. The van der Waals surface area contributed by atoms with E-state index in [1.165, 1.54) is 19.3 Å². The fourth-order valence-electron chi connectivity index (χ4n) is 3.74. The van der Waals surface area contributed by atoms with Gasteiger partial charge >= 0.3 is 0 Å². The Labute approximate surface area is 137 Å². The van der Waals surface area contributed by atoms with Crippen LogP contribution >= 0.6 is 0 Å². The number of hydrogen-bond donors (Lipinski definition) is 1. The third-order valence-electron chi connectivity index (χ3n) is 4.76. The van der Waals surface area contributed by atoms with Crippen molar-refractivity contribution in [1.82, 2.24) is 5.32 Å². The molecule has 0 aliphatic carbocycles. The van der Waals surface area contributed by atoms with Crippen LogP contribution in [0.15, 0.2) is 54.6 Å². The molecule has 2 unspecified atom stereocenters. The minimum atomic E-state index is 0.318. The van der Waals surface area contributed by atoms with Gasteiger partial charge in [0, 0.05) is 18.2 Å². The SMILES string of the molecule is c1ccc(Oc2cccc(OC3CC4CCCC(C3)N4)c2)cc1. The normalized spacial score (nSPS) is 26.5. The molecule has 2 bridgehead atoms. The van der Waals surface area contributed by atoms with Gasteiger partial charge in [-0.25, -0.2) is 0 Å². The predicted molar refractivity (Wildman–Crippen MR) is 91.2 cm³/mol. The molecule has 2 aliphatic rings. The van der Waals surface area contributed by atoms with Gasteiger partial charge in [0.25, 0.3) is 0 Å². The van der Waals surface area contributed by atoms with Crippen LogP contribution in [0.3, 0.4) is 0 Å². The summed E-state index contributed by atoms with van der Waals surface area (Å²) in [7, 11) is 0. The molecule has 2 aromatic rings. The largest absolute Gasteiger partial charge is 0.490 e. The molecule has 1 N–H and O–H groups in total. The zero-order chi connectivity index (χ0) is 15.5. The van der Waals surface area contributed by atoms with Crippen molar-refractivity contribution in [2.45, 2.75) is 50.3 Å². The number of para-hydroxylation sites is 1. The lowest BCUT2D eigenvalue weighted by Crippen LogP contribution is -2.51. The number of fused-ring (bicyclic) bond motifs is 2. The van der Waals surface area contributed by atoms with Crippen LogP contribution in [0.4, 0.5) is 0 Å². The Bertz CT molecular complexity index is 631. The van der Waals surface area contributed by atoms with Crippen molar-refractivity contribution in [3.05, 3.63) is 54.6 Å². The zero-order valence-corrected chi connectivity index (χ0v) is 13.3. The Hall–Kier alpha value is -2.00. The monoisotopic (exact) mass is 309 g/mol. The lowest BCUT2D eigenvalue weighted by molar-refractivity contribution is 0.0926. The van der Waals surface area contributed by atoms with Crippen LogP contribution < -0.4 is 14.8 Å². The third kappa shape index (κ3) is 3.67. The highest BCUT2D eigenvalue weighted by atomic mass is 16.5. The summed E-state index contributed by atoms with van der Waals surface area (Å²) in [5.74, 6) is 2.58. The first-order chi connectivity index (χ1) is 11.3. The number of benzene rings is 2. The predicted octanol–water partition coefficient (Wildman–Crippen LogP) is 4.53. The molecule has 3 heteroatoms. The fourth-order valence-corrected chi connectivity index (χ4v) is 3.74. The molecule has 3 nitrogen and oxygen atoms in total. The van der Waals surface area contributed by atoms with Gasteiger partial charge in [-0.3, -0.25) is 0 Å². The van der Waals surface area contributed by atoms with E-state index in [1.807, 2.05) is 54.6 Å². The van der Waals surface area contributed by atoms with Gasteiger partial charge in [0.05, 0.1) is 0 Å². The molecule has 0 aromatic heterocycles. The van der Waals surface area contributed by atoms with E-state index in [0.29, 0.717) is 18.2 Å². The molecular weight excluding hydrogens is 286 g/mol. The van der Waals surface area contributed by atoms with Crippen LogP contribution in [0, 0.1) is 0 Å². The molecule has 23 heavy (non-hydrogen) atoms. The summed E-state index contributed by atoms with van der Waals surface area (Å²) in [6.45, 7) is 0. The maximum absolute atomic E-state index is 6.25. The van der Waals surface area contributed by atoms with Crippen LogP contribution in [0.1, 0.15) is 32.1 Å². The molecule has 2 fully saturated rings. The number of hydrogen-bond acceptors (Lipinski definition) is 3. The van der Waals surface area contributed by atoms with Gasteiger partial charge < -0.3 is 14.8 Å². The Balaban J connectivity index is 1.42. The van der Waals surface area contributed by atoms with Crippen molar-refractivity contribution in [3.8, 4) is 17.2 Å². The lowest BCUT2D eigenvalue weighted by Gasteiger charge is -2.40. The first kappa shape index (κ1) is 14.6. The average Bonchev–Trinajstić information content (AvgIpc) is 2.56. The van der Waals surface area contributed by atoms with E-state index in [0.717, 1.165) is 30.1 Å². The van der Waals surface area contributed by atoms with Crippen molar-refractivity contribution >= 4 is 0 Å². The zero-order valence-electron chi connectivity index (χ0n) is 13.3. The maximum atomic E-state index is 6.25. The molecule has 2 atom stereocenters. The van der Waals surface area contributed by atoms with E-state index < -0.39 is 0 Å². The highest BCUT2D eigenvalue weighted by Gasteiger charge is 2.32. The molecule has 0 radical (unpaired) electrons. The Morgan fingerprint density at radius 3 is 2.26 bits per heavy atom. The fraction of sp³-hybridized carbons (Fsp3) is 0.400. The minimum Gasteiger partial charge on any atom is -0.490 e. The number of nitrogens with one attached hydrogen (secondary N) is 1. The van der Waals surface area contributed by atoms with Gasteiger partial charge in [-0.05, 0) is 49.9 Å². The van der Waals surface area contributed by atoms with Gasteiger partial charge in [-0.1, -0.05) is 30.7 Å². The van der Waals surface area contributed by atoms with E-state index >= 15 is 0 Å². The van der Waals surface area contributed by atoms with Crippen molar-refractivity contribution in [3.63, 3.8) is 0 Å². The van der Waals surface area contributed by atoms with Crippen LogP contribution in [-0.2, 0) is 0 Å². The van der Waals surface area contributed by atoms with Crippen LogP contribution in [0.5, 0.6) is 17.2 Å². The topological polar surface area (TPSA) is 30.5 Å². The van der Waals surface area contributed by atoms with E-state index in [4.69, 9.17) is 9.47 Å². The first-order valence-corrected chi connectivity index (χ1v) is 8.61. The molecule has 0 saturated carbocycles. The van der Waals surface area contributed by atoms with E-state index in [2.05, 4.69) is 5.32 Å². The summed E-state index contributed by atoms with van der Waals surface area (Å²) in [4.78, 5) is 0. The van der Waals surface area contributed by atoms with Gasteiger partial charge in [-0.15, -0.1) is 0 Å². The maximum Gasteiger partial charge on any atom is 0.131 e. The van der Waals surface area contributed by atoms with Crippen molar-refractivity contribution in [2.24, 2.45) is 0 Å². The standard InChI is InChI=1S/C20H23NO2/c1-2-8-17(9-3-1)22-18-10-5-11-19(14-18)23-20-12-15-6-4-7-16(13-20)21-15/h1-3,5,8-11,14-16,20-21H,4,6-7,12-13H2. The summed E-state index contributed by atoms with van der Waals surface area (Å²) in [6.07, 6.45) is 6.47. The first-order valence-electron chi connectivity index (χ1n) is 8.61. The van der Waals surface area contributed by atoms with Crippen LogP contribution in [0.25, 0.3) is 0 Å². The lowest BCUT2D eigenvalue weighted by atomic mass is 9.85. The van der Waals surface area contributed by atoms with Crippen molar-refractivity contribution in [2.75, 3.05) is 0 Å². The Kier molecular flexibility index (Phi) is 4.20. The Morgan fingerprint density at radius 2 is 1.48 bits per heavy atom. The number of ether oxygens (including phenoxy) is 2. The summed E-state index contributed by atoms with van der Waals surface area (Å²) in [5.41, 5.74) is 0. The second kappa shape index (κ2) is 6.63. The number of rotatable bonds is 4. The molecule has 2 saturated heterocycles.